The minimum atomic E-state index is 0.0448. The lowest BCUT2D eigenvalue weighted by Crippen LogP contribution is -2.36. The smallest absolute Gasteiger partial charge is 0.240 e. The molecule has 0 bridgehead atoms. The van der Waals surface area contributed by atoms with Crippen LogP contribution in [-0.4, -0.2) is 35.4 Å². The number of likely N-dealkylation sites (tertiary alicyclic amines) is 1. The molecule has 122 valence electrons. The summed E-state index contributed by atoms with van der Waals surface area (Å²) in [5, 5.41) is 3.64. The Morgan fingerprint density at radius 3 is 2.91 bits per heavy atom. The van der Waals surface area contributed by atoms with Crippen LogP contribution in [0.2, 0.25) is 0 Å². The van der Waals surface area contributed by atoms with Gasteiger partial charge in [0.1, 0.15) is 0 Å². The first-order valence-electron chi connectivity index (χ1n) is 8.21. The van der Waals surface area contributed by atoms with Crippen molar-refractivity contribution in [3.8, 4) is 0 Å². The molecule has 1 aliphatic heterocycles. The van der Waals surface area contributed by atoms with E-state index in [0.29, 0.717) is 11.7 Å². The van der Waals surface area contributed by atoms with Crippen molar-refractivity contribution < 1.29 is 4.79 Å². The second-order valence-electron chi connectivity index (χ2n) is 6.18. The minimum absolute atomic E-state index is 0.0448. The summed E-state index contributed by atoms with van der Waals surface area (Å²) < 4.78 is 0. The van der Waals surface area contributed by atoms with Gasteiger partial charge in [-0.25, -0.2) is 4.98 Å². The van der Waals surface area contributed by atoms with Gasteiger partial charge in [-0.05, 0) is 38.4 Å². The highest BCUT2D eigenvalue weighted by atomic mass is 32.1. The van der Waals surface area contributed by atoms with E-state index in [0.717, 1.165) is 19.5 Å². The normalized spacial score (nSPS) is 15.5. The Kier molecular flexibility index (Phi) is 5.41. The first-order chi connectivity index (χ1) is 11.2. The van der Waals surface area contributed by atoms with Crippen molar-refractivity contribution >= 4 is 22.4 Å². The quantitative estimate of drug-likeness (QED) is 0.913. The van der Waals surface area contributed by atoms with Crippen molar-refractivity contribution in [3.05, 3.63) is 46.5 Å². The number of carbonyl (C=O) groups is 1. The number of piperidine rings is 1. The van der Waals surface area contributed by atoms with E-state index in [-0.39, 0.29) is 5.91 Å². The monoisotopic (exact) mass is 329 g/mol. The number of hydrogen-bond acceptors (Lipinski definition) is 4. The Morgan fingerprint density at radius 2 is 2.13 bits per heavy atom. The first kappa shape index (κ1) is 16.1. The molecule has 23 heavy (non-hydrogen) atoms. The van der Waals surface area contributed by atoms with E-state index in [1.807, 2.05) is 6.20 Å². The van der Waals surface area contributed by atoms with E-state index in [9.17, 15) is 4.79 Å². The van der Waals surface area contributed by atoms with Crippen LogP contribution in [0.1, 0.15) is 35.3 Å². The molecule has 0 spiro atoms. The Balaban J connectivity index is 1.53. The van der Waals surface area contributed by atoms with E-state index >= 15 is 0 Å². The molecule has 1 aromatic heterocycles. The molecule has 2 heterocycles. The highest BCUT2D eigenvalue weighted by molar-refractivity contribution is 7.15. The zero-order valence-corrected chi connectivity index (χ0v) is 14.4. The van der Waals surface area contributed by atoms with Crippen LogP contribution in [0.4, 0.5) is 5.13 Å². The van der Waals surface area contributed by atoms with Gasteiger partial charge >= 0.3 is 0 Å². The maximum absolute atomic E-state index is 12.1. The summed E-state index contributed by atoms with van der Waals surface area (Å²) in [6.07, 6.45) is 6.41. The Bertz CT molecular complexity index is 662. The molecule has 0 unspecified atom stereocenters. The predicted molar refractivity (Wildman–Crippen MR) is 95.0 cm³/mol. The van der Waals surface area contributed by atoms with Gasteiger partial charge in [0, 0.05) is 17.5 Å². The molecular formula is C18H23N3OS. The molecule has 0 radical (unpaired) electrons. The number of aryl methyl sites for hydroxylation is 1. The lowest BCUT2D eigenvalue weighted by molar-refractivity contribution is -0.117. The van der Waals surface area contributed by atoms with Crippen molar-refractivity contribution in [2.75, 3.05) is 25.0 Å². The summed E-state index contributed by atoms with van der Waals surface area (Å²) in [5.41, 5.74) is 2.54. The highest BCUT2D eigenvalue weighted by Crippen LogP contribution is 2.21. The molecular weight excluding hydrogens is 306 g/mol. The van der Waals surface area contributed by atoms with Gasteiger partial charge < -0.3 is 5.32 Å². The molecule has 1 aromatic carbocycles. The zero-order chi connectivity index (χ0) is 16.1. The molecule has 2 aromatic rings. The fourth-order valence-electron chi connectivity index (χ4n) is 2.95. The van der Waals surface area contributed by atoms with Gasteiger partial charge in [-0.2, -0.15) is 0 Å². The van der Waals surface area contributed by atoms with E-state index in [4.69, 9.17) is 0 Å². The van der Waals surface area contributed by atoms with Crippen LogP contribution in [0.5, 0.6) is 0 Å². The maximum atomic E-state index is 12.1. The summed E-state index contributed by atoms with van der Waals surface area (Å²) in [6, 6.07) is 8.49. The molecule has 0 aliphatic carbocycles. The van der Waals surface area contributed by atoms with Crippen LogP contribution >= 0.6 is 11.3 Å². The SMILES string of the molecule is Cc1cccc(Cc2cnc(NC(=O)CN3CCCCC3)s2)c1. The average molecular weight is 329 g/mol. The van der Waals surface area contributed by atoms with Gasteiger partial charge in [-0.15, -0.1) is 11.3 Å². The lowest BCUT2D eigenvalue weighted by Gasteiger charge is -2.25. The summed E-state index contributed by atoms with van der Waals surface area (Å²) in [6.45, 7) is 4.64. The van der Waals surface area contributed by atoms with E-state index in [1.54, 1.807) is 11.3 Å². The average Bonchev–Trinajstić information content (AvgIpc) is 2.95. The Morgan fingerprint density at radius 1 is 1.30 bits per heavy atom. The van der Waals surface area contributed by atoms with E-state index < -0.39 is 0 Å². The van der Waals surface area contributed by atoms with Crippen LogP contribution in [0.25, 0.3) is 0 Å². The van der Waals surface area contributed by atoms with Crippen molar-refractivity contribution in [3.63, 3.8) is 0 Å². The minimum Gasteiger partial charge on any atom is -0.301 e. The third-order valence-corrected chi connectivity index (χ3v) is 4.99. The molecule has 4 nitrogen and oxygen atoms in total. The van der Waals surface area contributed by atoms with Crippen LogP contribution in [0, 0.1) is 6.92 Å². The van der Waals surface area contributed by atoms with Gasteiger partial charge in [0.05, 0.1) is 6.54 Å². The Hall–Kier alpha value is -1.72. The molecule has 0 saturated carbocycles. The van der Waals surface area contributed by atoms with Crippen LogP contribution in [-0.2, 0) is 11.2 Å². The molecule has 5 heteroatoms. The molecule has 3 rings (SSSR count). The van der Waals surface area contributed by atoms with Crippen LogP contribution in [0.15, 0.2) is 30.5 Å². The fourth-order valence-corrected chi connectivity index (χ4v) is 3.81. The summed E-state index contributed by atoms with van der Waals surface area (Å²) in [4.78, 5) is 19.8. The van der Waals surface area contributed by atoms with Gasteiger partial charge in [0.15, 0.2) is 5.13 Å². The molecule has 1 saturated heterocycles. The number of anilines is 1. The number of aromatic nitrogens is 1. The summed E-state index contributed by atoms with van der Waals surface area (Å²) in [5.74, 6) is 0.0448. The maximum Gasteiger partial charge on any atom is 0.240 e. The number of nitrogens with zero attached hydrogens (tertiary/aromatic N) is 2. The number of carbonyl (C=O) groups excluding carboxylic acids is 1. The third-order valence-electron chi connectivity index (χ3n) is 4.08. The number of hydrogen-bond donors (Lipinski definition) is 1. The molecule has 1 fully saturated rings. The number of amides is 1. The topological polar surface area (TPSA) is 45.2 Å². The Labute approximate surface area is 141 Å². The van der Waals surface area contributed by atoms with Gasteiger partial charge in [-0.1, -0.05) is 36.2 Å². The second-order valence-corrected chi connectivity index (χ2v) is 7.30. The highest BCUT2D eigenvalue weighted by Gasteiger charge is 2.14. The molecule has 1 amide bonds. The molecule has 1 N–H and O–H groups in total. The third kappa shape index (κ3) is 4.88. The van der Waals surface area contributed by atoms with Gasteiger partial charge in [0.25, 0.3) is 0 Å². The standard InChI is InChI=1S/C18H23N3OS/c1-14-6-5-7-15(10-14)11-16-12-19-18(23-16)20-17(22)13-21-8-3-2-4-9-21/h5-7,10,12H,2-4,8-9,11,13H2,1H3,(H,19,20,22). The lowest BCUT2D eigenvalue weighted by atomic mass is 10.1. The van der Waals surface area contributed by atoms with Crippen molar-refractivity contribution in [2.24, 2.45) is 0 Å². The summed E-state index contributed by atoms with van der Waals surface area (Å²) >= 11 is 1.56. The second kappa shape index (κ2) is 7.70. The van der Waals surface area contributed by atoms with Crippen molar-refractivity contribution in [1.29, 1.82) is 0 Å². The summed E-state index contributed by atoms with van der Waals surface area (Å²) in [7, 11) is 0. The predicted octanol–water partition coefficient (Wildman–Crippen LogP) is 3.47. The van der Waals surface area contributed by atoms with Gasteiger partial charge in [0.2, 0.25) is 5.91 Å². The number of nitrogens with one attached hydrogen (secondary N) is 1. The van der Waals surface area contributed by atoms with Crippen molar-refractivity contribution in [1.82, 2.24) is 9.88 Å². The fraction of sp³-hybridized carbons (Fsp3) is 0.444. The van der Waals surface area contributed by atoms with E-state index in [1.165, 1.54) is 35.3 Å². The number of benzene rings is 1. The van der Waals surface area contributed by atoms with Crippen molar-refractivity contribution in [2.45, 2.75) is 32.6 Å². The number of thiazole rings is 1. The molecule has 1 aliphatic rings. The van der Waals surface area contributed by atoms with Crippen LogP contribution < -0.4 is 5.32 Å². The molecule has 0 atom stereocenters. The van der Waals surface area contributed by atoms with Crippen LogP contribution in [0.3, 0.4) is 0 Å². The number of rotatable bonds is 5. The first-order valence-corrected chi connectivity index (χ1v) is 9.03. The van der Waals surface area contributed by atoms with E-state index in [2.05, 4.69) is 46.4 Å². The zero-order valence-electron chi connectivity index (χ0n) is 13.5. The van der Waals surface area contributed by atoms with Gasteiger partial charge in [-0.3, -0.25) is 9.69 Å². The largest absolute Gasteiger partial charge is 0.301 e.